The third-order valence-corrected chi connectivity index (χ3v) is 9.01. The maximum atomic E-state index is 6.36. The molecular formula is C41H24N2O2. The lowest BCUT2D eigenvalue weighted by atomic mass is 9.96. The molecule has 0 saturated heterocycles. The van der Waals surface area contributed by atoms with E-state index in [-0.39, 0.29) is 0 Å². The van der Waals surface area contributed by atoms with E-state index >= 15 is 0 Å². The van der Waals surface area contributed by atoms with Crippen LogP contribution in [0.1, 0.15) is 0 Å². The summed E-state index contributed by atoms with van der Waals surface area (Å²) < 4.78 is 14.7. The monoisotopic (exact) mass is 576 g/mol. The van der Waals surface area contributed by atoms with Crippen LogP contribution >= 0.6 is 0 Å². The number of fused-ring (bicyclic) bond motifs is 9. The lowest BCUT2D eigenvalue weighted by Crippen LogP contribution is -1.83. The third-order valence-electron chi connectivity index (χ3n) is 9.01. The second-order valence-corrected chi connectivity index (χ2v) is 11.7. The van der Waals surface area contributed by atoms with E-state index < -0.39 is 0 Å². The van der Waals surface area contributed by atoms with Crippen LogP contribution in [0.3, 0.4) is 0 Å². The zero-order valence-electron chi connectivity index (χ0n) is 24.1. The number of furan rings is 2. The predicted octanol–water partition coefficient (Wildman–Crippen LogP) is 11.3. The molecule has 0 radical (unpaired) electrons. The minimum absolute atomic E-state index is 0.798. The smallest absolute Gasteiger partial charge is 0.178 e. The zero-order valence-corrected chi connectivity index (χ0v) is 24.1. The highest BCUT2D eigenvalue weighted by atomic mass is 16.4. The first-order valence-electron chi connectivity index (χ1n) is 15.1. The molecule has 0 saturated carbocycles. The molecule has 0 unspecified atom stereocenters. The molecule has 0 amide bonds. The number of para-hydroxylation sites is 1. The van der Waals surface area contributed by atoms with Gasteiger partial charge in [0.15, 0.2) is 11.2 Å². The van der Waals surface area contributed by atoms with Gasteiger partial charge < -0.3 is 13.2 Å². The number of hydrogen-bond acceptors (Lipinski definition) is 3. The van der Waals surface area contributed by atoms with Crippen molar-refractivity contribution in [3.8, 4) is 33.5 Å². The highest BCUT2D eigenvalue weighted by Crippen LogP contribution is 2.40. The molecule has 6 aromatic carbocycles. The van der Waals surface area contributed by atoms with Crippen LogP contribution in [0.15, 0.2) is 155 Å². The first-order chi connectivity index (χ1) is 22.2. The minimum Gasteiger partial charge on any atom is -0.452 e. The summed E-state index contributed by atoms with van der Waals surface area (Å²) in [7, 11) is 0. The van der Waals surface area contributed by atoms with Crippen molar-refractivity contribution in [1.29, 1.82) is 0 Å². The molecule has 4 heterocycles. The molecular weight excluding hydrogens is 552 g/mol. The van der Waals surface area contributed by atoms with Crippen molar-refractivity contribution in [2.24, 2.45) is 0 Å². The first-order valence-corrected chi connectivity index (χ1v) is 15.1. The highest BCUT2D eigenvalue weighted by Gasteiger charge is 2.16. The number of nitrogens with zero attached hydrogens (tertiary/aromatic N) is 2. The molecule has 210 valence electrons. The predicted molar refractivity (Wildman–Crippen MR) is 184 cm³/mol. The summed E-state index contributed by atoms with van der Waals surface area (Å²) in [4.78, 5) is 4.81. The molecule has 0 atom stereocenters. The molecule has 0 aliphatic carbocycles. The number of hydrogen-bond donors (Lipinski definition) is 0. The third kappa shape index (κ3) is 3.76. The number of pyridine rings is 1. The van der Waals surface area contributed by atoms with Crippen LogP contribution in [0.2, 0.25) is 0 Å². The topological polar surface area (TPSA) is 43.6 Å². The Hall–Kier alpha value is -6.13. The zero-order chi connectivity index (χ0) is 29.5. The highest BCUT2D eigenvalue weighted by molar-refractivity contribution is 6.19. The molecule has 0 aliphatic rings. The molecule has 45 heavy (non-hydrogen) atoms. The number of benzene rings is 6. The summed E-state index contributed by atoms with van der Waals surface area (Å²) >= 11 is 0. The van der Waals surface area contributed by atoms with Crippen molar-refractivity contribution in [3.63, 3.8) is 0 Å². The Labute approximate surface area is 257 Å². The average Bonchev–Trinajstić information content (AvgIpc) is 3.81. The molecule has 10 aromatic rings. The molecule has 4 aromatic heterocycles. The Morgan fingerprint density at radius 3 is 1.89 bits per heavy atom. The van der Waals surface area contributed by atoms with Crippen LogP contribution in [-0.4, -0.2) is 9.38 Å². The van der Waals surface area contributed by atoms with E-state index in [4.69, 9.17) is 13.8 Å². The first kappa shape index (κ1) is 24.3. The van der Waals surface area contributed by atoms with E-state index in [1.54, 1.807) is 0 Å². The summed E-state index contributed by atoms with van der Waals surface area (Å²) in [6, 6.07) is 47.0. The summed E-state index contributed by atoms with van der Waals surface area (Å²) in [5, 5.41) is 6.74. The van der Waals surface area contributed by atoms with Crippen molar-refractivity contribution < 1.29 is 8.83 Å². The molecule has 4 nitrogen and oxygen atoms in total. The van der Waals surface area contributed by atoms with E-state index in [2.05, 4.69) is 108 Å². The number of aromatic nitrogens is 2. The summed E-state index contributed by atoms with van der Waals surface area (Å²) in [5.41, 5.74) is 11.0. The van der Waals surface area contributed by atoms with Gasteiger partial charge in [-0.2, -0.15) is 0 Å². The van der Waals surface area contributed by atoms with E-state index in [1.165, 1.54) is 27.5 Å². The average molecular weight is 577 g/mol. The SMILES string of the molecule is c1cc(-c2ccc3cc(-c4ccc5oc6c(ccc7c8ccccc8oc76)c5c4)ccc3c2)cc(-c2cn3ccccc3n2)c1. The van der Waals surface area contributed by atoms with Gasteiger partial charge in [-0.3, -0.25) is 0 Å². The fourth-order valence-corrected chi connectivity index (χ4v) is 6.73. The van der Waals surface area contributed by atoms with Gasteiger partial charge in [0.1, 0.15) is 16.8 Å². The Kier molecular flexibility index (Phi) is 4.96. The van der Waals surface area contributed by atoms with Crippen LogP contribution in [-0.2, 0) is 0 Å². The Balaban J connectivity index is 1.02. The Morgan fingerprint density at radius 1 is 0.444 bits per heavy atom. The maximum Gasteiger partial charge on any atom is 0.178 e. The van der Waals surface area contributed by atoms with Crippen LogP contribution < -0.4 is 0 Å². The molecule has 0 fully saturated rings. The Morgan fingerprint density at radius 2 is 1.09 bits per heavy atom. The van der Waals surface area contributed by atoms with Gasteiger partial charge in [0.2, 0.25) is 0 Å². The van der Waals surface area contributed by atoms with Gasteiger partial charge in [0.05, 0.1) is 5.69 Å². The molecule has 0 N–H and O–H groups in total. The molecule has 0 aliphatic heterocycles. The quantitative estimate of drug-likeness (QED) is 0.210. The summed E-state index contributed by atoms with van der Waals surface area (Å²) in [6.45, 7) is 0. The Bertz CT molecular complexity index is 2740. The fraction of sp³-hybridized carbons (Fsp3) is 0. The standard InChI is InChI=1S/C41H24N2O2/c1-2-9-37-32(8-1)33-16-17-34-35-23-30(15-18-38(35)45-41(34)40(33)44-37)29-14-13-27-20-26(11-12-28(27)21-29)25-6-5-7-31(22-25)36-24-43-19-4-3-10-39(43)42-36/h1-24H. The molecule has 10 rings (SSSR count). The van der Waals surface area contributed by atoms with Crippen LogP contribution in [0.25, 0.3) is 93.8 Å². The van der Waals surface area contributed by atoms with E-state index in [0.717, 1.165) is 66.3 Å². The normalized spacial score (nSPS) is 12.0. The van der Waals surface area contributed by atoms with Gasteiger partial charge in [-0.25, -0.2) is 4.98 Å². The fourth-order valence-electron chi connectivity index (χ4n) is 6.73. The lowest BCUT2D eigenvalue weighted by molar-refractivity contribution is 0.633. The van der Waals surface area contributed by atoms with Crippen molar-refractivity contribution in [3.05, 3.63) is 146 Å². The molecule has 4 heteroatoms. The second kappa shape index (κ2) is 9.18. The van der Waals surface area contributed by atoms with Gasteiger partial charge >= 0.3 is 0 Å². The number of imidazole rings is 1. The van der Waals surface area contributed by atoms with Crippen LogP contribution in [0.4, 0.5) is 0 Å². The maximum absolute atomic E-state index is 6.36. The van der Waals surface area contributed by atoms with Gasteiger partial charge in [-0.05, 0) is 93.7 Å². The number of rotatable bonds is 3. The van der Waals surface area contributed by atoms with Gasteiger partial charge in [0.25, 0.3) is 0 Å². The second-order valence-electron chi connectivity index (χ2n) is 11.7. The lowest BCUT2D eigenvalue weighted by Gasteiger charge is -2.08. The van der Waals surface area contributed by atoms with Crippen LogP contribution in [0.5, 0.6) is 0 Å². The van der Waals surface area contributed by atoms with Crippen molar-refractivity contribution in [1.82, 2.24) is 9.38 Å². The summed E-state index contributed by atoms with van der Waals surface area (Å²) in [5.74, 6) is 0. The minimum atomic E-state index is 0.798. The largest absolute Gasteiger partial charge is 0.452 e. The van der Waals surface area contributed by atoms with Crippen LogP contribution in [0, 0.1) is 0 Å². The van der Waals surface area contributed by atoms with Gasteiger partial charge in [0, 0.05) is 39.5 Å². The summed E-state index contributed by atoms with van der Waals surface area (Å²) in [6.07, 6.45) is 4.11. The van der Waals surface area contributed by atoms with Crippen molar-refractivity contribution >= 4 is 60.3 Å². The van der Waals surface area contributed by atoms with Crippen molar-refractivity contribution in [2.75, 3.05) is 0 Å². The van der Waals surface area contributed by atoms with E-state index in [0.29, 0.717) is 0 Å². The molecule has 0 bridgehead atoms. The van der Waals surface area contributed by atoms with Gasteiger partial charge in [-0.15, -0.1) is 0 Å². The van der Waals surface area contributed by atoms with Crippen molar-refractivity contribution in [2.45, 2.75) is 0 Å². The van der Waals surface area contributed by atoms with E-state index in [9.17, 15) is 0 Å². The van der Waals surface area contributed by atoms with E-state index in [1.807, 2.05) is 42.6 Å². The van der Waals surface area contributed by atoms with Gasteiger partial charge in [-0.1, -0.05) is 72.8 Å². The molecule has 0 spiro atoms.